The van der Waals surface area contributed by atoms with Crippen molar-refractivity contribution >= 4 is 11.8 Å². The molecule has 0 bridgehead atoms. The summed E-state index contributed by atoms with van der Waals surface area (Å²) < 4.78 is 5.13. The molecule has 5 heteroatoms. The molecular weight excluding hydrogens is 256 g/mol. The van der Waals surface area contributed by atoms with E-state index in [-0.39, 0.29) is 0 Å². The number of hydrogen-bond acceptors (Lipinski definition) is 4. The third kappa shape index (κ3) is 6.22. The van der Waals surface area contributed by atoms with Crippen LogP contribution in [0.3, 0.4) is 0 Å². The Hall–Kier alpha value is -2.04. The van der Waals surface area contributed by atoms with Gasteiger partial charge in [-0.25, -0.2) is 4.79 Å². The molecule has 1 rings (SSSR count). The van der Waals surface area contributed by atoms with E-state index in [1.807, 2.05) is 51.1 Å². The van der Waals surface area contributed by atoms with Crippen molar-refractivity contribution in [2.24, 2.45) is 5.16 Å². The number of carbonyl (C=O) groups excluding carboxylic acids is 1. The molecule has 0 atom stereocenters. The summed E-state index contributed by atoms with van der Waals surface area (Å²) in [4.78, 5) is 11.4. The van der Waals surface area contributed by atoms with Gasteiger partial charge in [0.1, 0.15) is 5.60 Å². The number of nitrogens with one attached hydrogen (secondary N) is 1. The Morgan fingerprint density at radius 3 is 2.50 bits per heavy atom. The summed E-state index contributed by atoms with van der Waals surface area (Å²) >= 11 is 0. The highest BCUT2D eigenvalue weighted by Gasteiger charge is 2.15. The fourth-order valence-electron chi connectivity index (χ4n) is 1.64. The summed E-state index contributed by atoms with van der Waals surface area (Å²) in [5.41, 5.74) is 0.995. The van der Waals surface area contributed by atoms with Gasteiger partial charge >= 0.3 is 6.09 Å². The Bertz CT molecular complexity index is 450. The number of amides is 1. The van der Waals surface area contributed by atoms with E-state index in [9.17, 15) is 4.79 Å². The van der Waals surface area contributed by atoms with E-state index >= 15 is 0 Å². The van der Waals surface area contributed by atoms with Crippen LogP contribution in [0.25, 0.3) is 0 Å². The van der Waals surface area contributed by atoms with Gasteiger partial charge in [0.05, 0.1) is 5.71 Å². The third-order valence-corrected chi connectivity index (χ3v) is 2.49. The zero-order valence-corrected chi connectivity index (χ0v) is 12.2. The first-order valence-corrected chi connectivity index (χ1v) is 6.65. The van der Waals surface area contributed by atoms with Crippen molar-refractivity contribution in [2.45, 2.75) is 39.2 Å². The first-order chi connectivity index (χ1) is 9.42. The van der Waals surface area contributed by atoms with Crippen LogP contribution in [0.1, 0.15) is 39.2 Å². The Morgan fingerprint density at radius 2 is 1.95 bits per heavy atom. The maximum Gasteiger partial charge on any atom is 0.407 e. The molecule has 0 aromatic heterocycles. The minimum absolute atomic E-state index is 0.431. The van der Waals surface area contributed by atoms with E-state index in [4.69, 9.17) is 9.94 Å². The van der Waals surface area contributed by atoms with E-state index in [0.717, 1.165) is 5.56 Å². The lowest BCUT2D eigenvalue weighted by atomic mass is 10.1. The number of carbonyl (C=O) groups is 1. The van der Waals surface area contributed by atoms with Crippen molar-refractivity contribution in [3.63, 3.8) is 0 Å². The molecular formula is C15H22N2O3. The number of nitrogens with zero attached hydrogens (tertiary/aromatic N) is 1. The molecule has 0 saturated carbocycles. The molecule has 1 amide bonds. The molecule has 0 fully saturated rings. The Labute approximate surface area is 119 Å². The second kappa shape index (κ2) is 7.53. The fourth-order valence-corrected chi connectivity index (χ4v) is 1.64. The second-order valence-electron chi connectivity index (χ2n) is 5.44. The molecule has 0 unspecified atom stereocenters. The van der Waals surface area contributed by atoms with Gasteiger partial charge in [-0.1, -0.05) is 35.5 Å². The lowest BCUT2D eigenvalue weighted by Gasteiger charge is -2.19. The van der Waals surface area contributed by atoms with Crippen LogP contribution in [-0.4, -0.2) is 29.2 Å². The normalized spacial score (nSPS) is 12.1. The quantitative estimate of drug-likeness (QED) is 0.376. The highest BCUT2D eigenvalue weighted by Crippen LogP contribution is 2.08. The van der Waals surface area contributed by atoms with Crippen LogP contribution >= 0.6 is 0 Å². The van der Waals surface area contributed by atoms with Crippen LogP contribution < -0.4 is 5.32 Å². The van der Waals surface area contributed by atoms with Crippen molar-refractivity contribution in [1.82, 2.24) is 5.32 Å². The Kier molecular flexibility index (Phi) is 6.03. The molecule has 5 nitrogen and oxygen atoms in total. The van der Waals surface area contributed by atoms with Crippen molar-refractivity contribution < 1.29 is 14.7 Å². The van der Waals surface area contributed by atoms with Gasteiger partial charge in [0.15, 0.2) is 0 Å². The van der Waals surface area contributed by atoms with E-state index < -0.39 is 11.7 Å². The monoisotopic (exact) mass is 278 g/mol. The van der Waals surface area contributed by atoms with Gasteiger partial charge in [-0.2, -0.15) is 0 Å². The molecule has 0 aliphatic rings. The van der Waals surface area contributed by atoms with Gasteiger partial charge in [0.2, 0.25) is 0 Å². The zero-order valence-electron chi connectivity index (χ0n) is 12.2. The summed E-state index contributed by atoms with van der Waals surface area (Å²) in [5, 5.41) is 15.0. The number of alkyl carbamates (subject to hydrolysis) is 1. The van der Waals surface area contributed by atoms with Gasteiger partial charge in [-0.3, -0.25) is 0 Å². The summed E-state index contributed by atoms with van der Waals surface area (Å²) in [6, 6.07) is 9.45. The van der Waals surface area contributed by atoms with Crippen molar-refractivity contribution in [2.75, 3.05) is 6.54 Å². The predicted octanol–water partition coefficient (Wildman–Crippen LogP) is 3.17. The molecule has 1 aromatic rings. The minimum atomic E-state index is -0.494. The largest absolute Gasteiger partial charge is 0.444 e. The van der Waals surface area contributed by atoms with Gasteiger partial charge in [-0.05, 0) is 39.2 Å². The van der Waals surface area contributed by atoms with Gasteiger partial charge in [0, 0.05) is 6.54 Å². The molecule has 2 N–H and O–H groups in total. The maximum atomic E-state index is 11.4. The lowest BCUT2D eigenvalue weighted by molar-refractivity contribution is 0.0527. The Morgan fingerprint density at radius 1 is 1.30 bits per heavy atom. The van der Waals surface area contributed by atoms with Crippen LogP contribution in [0.2, 0.25) is 0 Å². The summed E-state index contributed by atoms with van der Waals surface area (Å²) in [6.45, 7) is 5.93. The fraction of sp³-hybridized carbons (Fsp3) is 0.467. The van der Waals surface area contributed by atoms with Crippen molar-refractivity contribution in [3.05, 3.63) is 35.9 Å². The molecule has 0 saturated heterocycles. The third-order valence-electron chi connectivity index (χ3n) is 2.49. The summed E-state index contributed by atoms with van der Waals surface area (Å²) in [6.07, 6.45) is 0.823. The van der Waals surface area contributed by atoms with Crippen LogP contribution in [0.4, 0.5) is 4.79 Å². The van der Waals surface area contributed by atoms with Crippen LogP contribution in [-0.2, 0) is 4.74 Å². The second-order valence-corrected chi connectivity index (χ2v) is 5.44. The maximum absolute atomic E-state index is 11.4. The SMILES string of the molecule is CC(C)(C)OC(=O)NCCC/C(=N\O)c1ccccc1. The topological polar surface area (TPSA) is 70.9 Å². The van der Waals surface area contributed by atoms with Gasteiger partial charge in [-0.15, -0.1) is 0 Å². The summed E-state index contributed by atoms with van der Waals surface area (Å²) in [5.74, 6) is 0. The lowest BCUT2D eigenvalue weighted by Crippen LogP contribution is -2.33. The average molecular weight is 278 g/mol. The number of ether oxygens (including phenoxy) is 1. The predicted molar refractivity (Wildman–Crippen MR) is 78.2 cm³/mol. The standard InChI is InChI=1S/C15H22N2O3/c1-15(2,3)20-14(18)16-11-7-10-13(17-19)12-8-5-4-6-9-12/h4-6,8-9,19H,7,10-11H2,1-3H3,(H,16,18)/b17-13+. The smallest absolute Gasteiger partial charge is 0.407 e. The van der Waals surface area contributed by atoms with Crippen molar-refractivity contribution in [3.8, 4) is 0 Å². The van der Waals surface area contributed by atoms with E-state index in [1.165, 1.54) is 0 Å². The molecule has 0 radical (unpaired) electrons. The average Bonchev–Trinajstić information content (AvgIpc) is 2.38. The first kappa shape index (κ1) is 16.0. The highest BCUT2D eigenvalue weighted by molar-refractivity contribution is 6.00. The first-order valence-electron chi connectivity index (χ1n) is 6.65. The number of benzene rings is 1. The molecule has 1 aromatic carbocycles. The number of hydrogen-bond donors (Lipinski definition) is 2. The number of rotatable bonds is 5. The van der Waals surface area contributed by atoms with E-state index in [0.29, 0.717) is 25.1 Å². The molecule has 0 aliphatic heterocycles. The van der Waals surface area contributed by atoms with Crippen molar-refractivity contribution in [1.29, 1.82) is 0 Å². The highest BCUT2D eigenvalue weighted by atomic mass is 16.6. The molecule has 20 heavy (non-hydrogen) atoms. The summed E-state index contributed by atoms with van der Waals surface area (Å²) in [7, 11) is 0. The van der Waals surface area contributed by atoms with Crippen LogP contribution in [0, 0.1) is 0 Å². The van der Waals surface area contributed by atoms with Crippen LogP contribution in [0.15, 0.2) is 35.5 Å². The number of oxime groups is 1. The van der Waals surface area contributed by atoms with Gasteiger partial charge in [0.25, 0.3) is 0 Å². The molecule has 0 heterocycles. The minimum Gasteiger partial charge on any atom is -0.444 e. The van der Waals surface area contributed by atoms with E-state index in [2.05, 4.69) is 10.5 Å². The van der Waals surface area contributed by atoms with Crippen LogP contribution in [0.5, 0.6) is 0 Å². The molecule has 0 spiro atoms. The zero-order chi connectivity index (χ0) is 15.0. The van der Waals surface area contributed by atoms with E-state index in [1.54, 1.807) is 0 Å². The molecule has 0 aliphatic carbocycles. The molecule has 110 valence electrons. The Balaban J connectivity index is 2.32. The van der Waals surface area contributed by atoms with Gasteiger partial charge < -0.3 is 15.3 Å².